The van der Waals surface area contributed by atoms with Gasteiger partial charge >= 0.3 is 6.61 Å². The van der Waals surface area contributed by atoms with E-state index in [2.05, 4.69) is 9.64 Å². The van der Waals surface area contributed by atoms with E-state index in [1.165, 1.54) is 12.8 Å². The van der Waals surface area contributed by atoms with Gasteiger partial charge < -0.3 is 15.2 Å². The fourth-order valence-corrected chi connectivity index (χ4v) is 4.11. The molecule has 0 radical (unpaired) electrons. The lowest BCUT2D eigenvalue weighted by Gasteiger charge is -2.29. The molecule has 1 heterocycles. The minimum atomic E-state index is -2.85. The molecule has 1 saturated carbocycles. The highest BCUT2D eigenvalue weighted by Crippen LogP contribution is 2.37. The summed E-state index contributed by atoms with van der Waals surface area (Å²) >= 11 is 0. The van der Waals surface area contributed by atoms with Crippen molar-refractivity contribution in [2.24, 2.45) is 17.6 Å². The minimum absolute atomic E-state index is 0.0905. The molecular weight excluding hydrogens is 314 g/mol. The van der Waals surface area contributed by atoms with E-state index in [0.29, 0.717) is 30.2 Å². The van der Waals surface area contributed by atoms with E-state index >= 15 is 0 Å². The fourth-order valence-electron chi connectivity index (χ4n) is 4.11. The van der Waals surface area contributed by atoms with E-state index in [9.17, 15) is 8.78 Å². The van der Waals surface area contributed by atoms with Crippen molar-refractivity contribution in [3.63, 3.8) is 0 Å². The molecule has 3 rings (SSSR count). The molecule has 0 amide bonds. The SMILES string of the molecule is CCOc1cc(CN2CC3CCCC(N)C3C2)ccc1OC(F)F. The number of nitrogens with zero attached hydrogens (tertiary/aromatic N) is 1. The Labute approximate surface area is 141 Å². The van der Waals surface area contributed by atoms with Gasteiger partial charge in [-0.3, -0.25) is 4.90 Å². The molecule has 6 heteroatoms. The molecule has 0 aromatic heterocycles. The zero-order chi connectivity index (χ0) is 17.1. The van der Waals surface area contributed by atoms with E-state index in [1.807, 2.05) is 19.1 Å². The normalized spacial score (nSPS) is 27.3. The molecule has 3 unspecified atom stereocenters. The van der Waals surface area contributed by atoms with Gasteiger partial charge in [0, 0.05) is 25.7 Å². The molecule has 1 aromatic carbocycles. The van der Waals surface area contributed by atoms with E-state index in [-0.39, 0.29) is 5.75 Å². The summed E-state index contributed by atoms with van der Waals surface area (Å²) < 4.78 is 34.9. The number of alkyl halides is 2. The maximum Gasteiger partial charge on any atom is 0.387 e. The van der Waals surface area contributed by atoms with Crippen LogP contribution in [0.5, 0.6) is 11.5 Å². The average Bonchev–Trinajstić information content (AvgIpc) is 2.94. The summed E-state index contributed by atoms with van der Waals surface area (Å²) in [4.78, 5) is 2.42. The molecule has 1 saturated heterocycles. The number of likely N-dealkylation sites (tertiary alicyclic amines) is 1. The molecule has 2 fully saturated rings. The van der Waals surface area contributed by atoms with Gasteiger partial charge in [-0.05, 0) is 49.3 Å². The standard InChI is InChI=1S/C18H26F2N2O2/c1-2-23-17-8-12(6-7-16(17)24-18(19)20)9-22-10-13-4-3-5-15(21)14(13)11-22/h6-8,13-15,18H,2-5,9-11,21H2,1H3. The second-order valence-electron chi connectivity index (χ2n) is 6.81. The van der Waals surface area contributed by atoms with E-state index in [1.54, 1.807) is 6.07 Å². The van der Waals surface area contributed by atoms with Crippen molar-refractivity contribution in [1.29, 1.82) is 0 Å². The minimum Gasteiger partial charge on any atom is -0.490 e. The summed E-state index contributed by atoms with van der Waals surface area (Å²) in [6.07, 6.45) is 3.62. The number of halogens is 2. The van der Waals surface area contributed by atoms with Gasteiger partial charge in [0.05, 0.1) is 6.61 Å². The van der Waals surface area contributed by atoms with Gasteiger partial charge in [0.1, 0.15) is 0 Å². The monoisotopic (exact) mass is 340 g/mol. The van der Waals surface area contributed by atoms with Crippen LogP contribution >= 0.6 is 0 Å². The summed E-state index contributed by atoms with van der Waals surface area (Å²) in [5, 5.41) is 0. The van der Waals surface area contributed by atoms with Crippen LogP contribution in [0.4, 0.5) is 8.78 Å². The van der Waals surface area contributed by atoms with Crippen LogP contribution in [0.15, 0.2) is 18.2 Å². The second kappa shape index (κ2) is 7.66. The van der Waals surface area contributed by atoms with Crippen molar-refractivity contribution in [3.05, 3.63) is 23.8 Å². The number of benzene rings is 1. The summed E-state index contributed by atoms with van der Waals surface area (Å²) in [6.45, 7) is 2.26. The predicted molar refractivity (Wildman–Crippen MR) is 88.3 cm³/mol. The number of fused-ring (bicyclic) bond motifs is 1. The third-order valence-corrected chi connectivity index (χ3v) is 5.16. The molecule has 0 spiro atoms. The van der Waals surface area contributed by atoms with Crippen LogP contribution in [0.25, 0.3) is 0 Å². The molecule has 1 aliphatic heterocycles. The van der Waals surface area contributed by atoms with E-state index in [4.69, 9.17) is 10.5 Å². The second-order valence-corrected chi connectivity index (χ2v) is 6.81. The largest absolute Gasteiger partial charge is 0.490 e. The highest BCUT2D eigenvalue weighted by molar-refractivity contribution is 5.43. The van der Waals surface area contributed by atoms with Gasteiger partial charge in [-0.1, -0.05) is 12.5 Å². The zero-order valence-electron chi connectivity index (χ0n) is 14.1. The lowest BCUT2D eigenvalue weighted by atomic mass is 9.78. The van der Waals surface area contributed by atoms with Crippen LogP contribution in [-0.4, -0.2) is 37.2 Å². The van der Waals surface area contributed by atoms with Crippen molar-refractivity contribution in [2.75, 3.05) is 19.7 Å². The summed E-state index contributed by atoms with van der Waals surface area (Å²) in [6, 6.07) is 5.53. The van der Waals surface area contributed by atoms with E-state index < -0.39 is 6.61 Å². The maximum atomic E-state index is 12.5. The predicted octanol–water partition coefficient (Wildman–Crippen LogP) is 3.25. The zero-order valence-corrected chi connectivity index (χ0v) is 14.1. The molecule has 1 aliphatic carbocycles. The Morgan fingerprint density at radius 3 is 2.79 bits per heavy atom. The van der Waals surface area contributed by atoms with Crippen molar-refractivity contribution < 1.29 is 18.3 Å². The lowest BCUT2D eigenvalue weighted by Crippen LogP contribution is -2.38. The molecule has 1 aromatic rings. The smallest absolute Gasteiger partial charge is 0.387 e. The summed E-state index contributed by atoms with van der Waals surface area (Å²) in [5.41, 5.74) is 7.32. The Balaban J connectivity index is 1.68. The number of hydrogen-bond donors (Lipinski definition) is 1. The Hall–Kier alpha value is -1.40. The van der Waals surface area contributed by atoms with Crippen molar-refractivity contribution >= 4 is 0 Å². The Bertz CT molecular complexity index is 556. The first-order valence-corrected chi connectivity index (χ1v) is 8.75. The topological polar surface area (TPSA) is 47.7 Å². The average molecular weight is 340 g/mol. The van der Waals surface area contributed by atoms with Crippen LogP contribution < -0.4 is 15.2 Å². The summed E-state index contributed by atoms with van der Waals surface area (Å²) in [5.74, 6) is 1.75. The third-order valence-electron chi connectivity index (χ3n) is 5.16. The van der Waals surface area contributed by atoms with Gasteiger partial charge in [0.2, 0.25) is 0 Å². The molecule has 0 bridgehead atoms. The van der Waals surface area contributed by atoms with Crippen molar-refractivity contribution in [2.45, 2.75) is 45.4 Å². The highest BCUT2D eigenvalue weighted by Gasteiger charge is 2.38. The van der Waals surface area contributed by atoms with Crippen LogP contribution in [-0.2, 0) is 6.54 Å². The molecule has 24 heavy (non-hydrogen) atoms. The Morgan fingerprint density at radius 1 is 1.25 bits per heavy atom. The molecule has 2 N–H and O–H groups in total. The number of nitrogens with two attached hydrogens (primary N) is 1. The first-order valence-electron chi connectivity index (χ1n) is 8.75. The van der Waals surface area contributed by atoms with Crippen LogP contribution in [0.3, 0.4) is 0 Å². The molecular formula is C18H26F2N2O2. The first-order chi connectivity index (χ1) is 11.6. The van der Waals surface area contributed by atoms with Crippen LogP contribution in [0.1, 0.15) is 31.7 Å². The van der Waals surface area contributed by atoms with Crippen LogP contribution in [0.2, 0.25) is 0 Å². The van der Waals surface area contributed by atoms with Gasteiger partial charge in [-0.15, -0.1) is 0 Å². The number of rotatable bonds is 6. The maximum absolute atomic E-state index is 12.5. The molecule has 4 nitrogen and oxygen atoms in total. The first kappa shape index (κ1) is 17.4. The fraction of sp³-hybridized carbons (Fsp3) is 0.667. The third kappa shape index (κ3) is 3.98. The van der Waals surface area contributed by atoms with Gasteiger partial charge in [0.25, 0.3) is 0 Å². The van der Waals surface area contributed by atoms with Crippen molar-refractivity contribution in [3.8, 4) is 11.5 Å². The molecule has 134 valence electrons. The lowest BCUT2D eigenvalue weighted by molar-refractivity contribution is -0.0514. The van der Waals surface area contributed by atoms with Crippen LogP contribution in [0, 0.1) is 11.8 Å². The van der Waals surface area contributed by atoms with Gasteiger partial charge in [0.15, 0.2) is 11.5 Å². The number of ether oxygens (including phenoxy) is 2. The van der Waals surface area contributed by atoms with Crippen molar-refractivity contribution in [1.82, 2.24) is 4.90 Å². The van der Waals surface area contributed by atoms with Gasteiger partial charge in [-0.25, -0.2) is 0 Å². The van der Waals surface area contributed by atoms with Gasteiger partial charge in [-0.2, -0.15) is 8.78 Å². The molecule has 2 aliphatic rings. The molecule has 3 atom stereocenters. The Kier molecular flexibility index (Phi) is 5.56. The quantitative estimate of drug-likeness (QED) is 0.864. The highest BCUT2D eigenvalue weighted by atomic mass is 19.3. The summed E-state index contributed by atoms with van der Waals surface area (Å²) in [7, 11) is 0. The van der Waals surface area contributed by atoms with E-state index in [0.717, 1.165) is 31.6 Å². The number of hydrogen-bond acceptors (Lipinski definition) is 4. The Morgan fingerprint density at radius 2 is 2.08 bits per heavy atom.